The Morgan fingerprint density at radius 2 is 1.89 bits per heavy atom. The number of hydrogen-bond donors (Lipinski definition) is 1. The van der Waals surface area contributed by atoms with E-state index in [1.165, 1.54) is 0 Å². The molecule has 0 fully saturated rings. The van der Waals surface area contributed by atoms with Gasteiger partial charge in [0, 0.05) is 6.42 Å². The van der Waals surface area contributed by atoms with Crippen LogP contribution in [0.5, 0.6) is 0 Å². The molecule has 0 aromatic heterocycles. The normalized spacial score (nSPS) is 12.7. The fourth-order valence-electron chi connectivity index (χ4n) is 1.38. The molecule has 2 nitrogen and oxygen atoms in total. The SMILES string of the molecule is C[Si](C)(C)C#CCC(O)COCc1ccccc1. The van der Waals surface area contributed by atoms with Crippen LogP contribution in [-0.4, -0.2) is 25.9 Å². The summed E-state index contributed by atoms with van der Waals surface area (Å²) in [6.45, 7) is 7.46. The van der Waals surface area contributed by atoms with E-state index in [1.807, 2.05) is 30.3 Å². The zero-order chi connectivity index (χ0) is 13.4. The molecule has 3 heteroatoms. The van der Waals surface area contributed by atoms with Gasteiger partial charge in [-0.3, -0.25) is 0 Å². The van der Waals surface area contributed by atoms with Gasteiger partial charge in [0.05, 0.1) is 19.3 Å². The summed E-state index contributed by atoms with van der Waals surface area (Å²) in [5.41, 5.74) is 4.36. The van der Waals surface area contributed by atoms with E-state index in [4.69, 9.17) is 4.74 Å². The first kappa shape index (κ1) is 15.0. The van der Waals surface area contributed by atoms with Crippen molar-refractivity contribution < 1.29 is 9.84 Å². The van der Waals surface area contributed by atoms with Crippen LogP contribution in [0.15, 0.2) is 30.3 Å². The molecule has 0 saturated carbocycles. The number of rotatable bonds is 5. The third-order valence-corrected chi connectivity index (χ3v) is 3.15. The quantitative estimate of drug-likeness (QED) is 0.653. The molecule has 0 bridgehead atoms. The van der Waals surface area contributed by atoms with Gasteiger partial charge in [-0.05, 0) is 5.56 Å². The van der Waals surface area contributed by atoms with Gasteiger partial charge in [-0.2, -0.15) is 0 Å². The topological polar surface area (TPSA) is 29.5 Å². The summed E-state index contributed by atoms with van der Waals surface area (Å²) in [6.07, 6.45) is 0.0107. The lowest BCUT2D eigenvalue weighted by molar-refractivity contribution is 0.0311. The molecule has 0 amide bonds. The summed E-state index contributed by atoms with van der Waals surface area (Å²) in [4.78, 5) is 0. The van der Waals surface area contributed by atoms with Crippen molar-refractivity contribution in [3.05, 3.63) is 35.9 Å². The molecule has 0 radical (unpaired) electrons. The highest BCUT2D eigenvalue weighted by Crippen LogP contribution is 2.02. The highest BCUT2D eigenvalue weighted by Gasteiger charge is 2.08. The first-order valence-corrected chi connectivity index (χ1v) is 9.77. The van der Waals surface area contributed by atoms with Gasteiger partial charge >= 0.3 is 0 Å². The van der Waals surface area contributed by atoms with Crippen LogP contribution in [0.4, 0.5) is 0 Å². The molecule has 1 N–H and O–H groups in total. The zero-order valence-electron chi connectivity index (χ0n) is 11.4. The van der Waals surface area contributed by atoms with E-state index < -0.39 is 14.2 Å². The van der Waals surface area contributed by atoms with E-state index in [-0.39, 0.29) is 0 Å². The zero-order valence-corrected chi connectivity index (χ0v) is 12.4. The molecule has 0 aliphatic carbocycles. The Bertz CT molecular complexity index is 398. The molecule has 18 heavy (non-hydrogen) atoms. The van der Waals surface area contributed by atoms with Crippen LogP contribution in [0.3, 0.4) is 0 Å². The Labute approximate surface area is 111 Å². The molecule has 0 aliphatic heterocycles. The van der Waals surface area contributed by atoms with Crippen LogP contribution in [0.2, 0.25) is 19.6 Å². The molecular formula is C15H22O2Si. The standard InChI is InChI=1S/C15H22O2Si/c1-18(2,3)11-7-10-15(16)13-17-12-14-8-5-4-6-9-14/h4-6,8-9,15-16H,10,12-13H2,1-3H3. The van der Waals surface area contributed by atoms with E-state index in [1.54, 1.807) is 0 Å². The van der Waals surface area contributed by atoms with Crippen LogP contribution in [-0.2, 0) is 11.3 Å². The predicted octanol–water partition coefficient (Wildman–Crippen LogP) is 2.84. The third-order valence-electron chi connectivity index (χ3n) is 2.22. The lowest BCUT2D eigenvalue weighted by Gasteiger charge is -2.09. The molecule has 1 unspecified atom stereocenters. The Morgan fingerprint density at radius 3 is 2.50 bits per heavy atom. The van der Waals surface area contributed by atoms with Crippen LogP contribution < -0.4 is 0 Å². The van der Waals surface area contributed by atoms with E-state index >= 15 is 0 Å². The van der Waals surface area contributed by atoms with E-state index in [2.05, 4.69) is 31.1 Å². The van der Waals surface area contributed by atoms with Gasteiger partial charge < -0.3 is 9.84 Å². The number of benzene rings is 1. The molecule has 0 aliphatic rings. The fourth-order valence-corrected chi connectivity index (χ4v) is 2.01. The maximum absolute atomic E-state index is 9.71. The summed E-state index contributed by atoms with van der Waals surface area (Å²) >= 11 is 0. The van der Waals surface area contributed by atoms with Crippen LogP contribution in [0.1, 0.15) is 12.0 Å². The first-order chi connectivity index (χ1) is 8.47. The Kier molecular flexibility index (Phi) is 6.13. The third kappa shape index (κ3) is 7.28. The second kappa shape index (κ2) is 7.37. The summed E-state index contributed by atoms with van der Waals surface area (Å²) in [5, 5.41) is 9.71. The summed E-state index contributed by atoms with van der Waals surface area (Å²) in [5.74, 6) is 3.06. The van der Waals surface area contributed by atoms with Gasteiger partial charge in [0.15, 0.2) is 0 Å². The van der Waals surface area contributed by atoms with Crippen molar-refractivity contribution in [2.24, 2.45) is 0 Å². The second-order valence-corrected chi connectivity index (χ2v) is 10.2. The molecule has 98 valence electrons. The minimum absolute atomic E-state index is 0.343. The van der Waals surface area contributed by atoms with Crippen molar-refractivity contribution in [1.29, 1.82) is 0 Å². The number of hydrogen-bond acceptors (Lipinski definition) is 2. The van der Waals surface area contributed by atoms with Crippen LogP contribution in [0, 0.1) is 11.5 Å². The molecule has 1 atom stereocenters. The average Bonchev–Trinajstić information content (AvgIpc) is 2.28. The molecular weight excluding hydrogens is 240 g/mol. The van der Waals surface area contributed by atoms with Gasteiger partial charge in [0.2, 0.25) is 0 Å². The smallest absolute Gasteiger partial charge is 0.129 e. The van der Waals surface area contributed by atoms with E-state index in [0.29, 0.717) is 19.6 Å². The van der Waals surface area contributed by atoms with Crippen molar-refractivity contribution in [2.75, 3.05) is 6.61 Å². The Hall–Kier alpha value is -1.08. The summed E-state index contributed by atoms with van der Waals surface area (Å²) < 4.78 is 5.46. The van der Waals surface area contributed by atoms with Gasteiger partial charge in [-0.15, -0.1) is 11.5 Å². The van der Waals surface area contributed by atoms with Crippen LogP contribution >= 0.6 is 0 Å². The Balaban J connectivity index is 2.21. The highest BCUT2D eigenvalue weighted by atomic mass is 28.3. The largest absolute Gasteiger partial charge is 0.390 e. The van der Waals surface area contributed by atoms with Crippen molar-refractivity contribution >= 4 is 8.07 Å². The van der Waals surface area contributed by atoms with Gasteiger partial charge in [-0.1, -0.05) is 50.0 Å². The number of ether oxygens (including phenoxy) is 1. The van der Waals surface area contributed by atoms with Gasteiger partial charge in [0.1, 0.15) is 8.07 Å². The van der Waals surface area contributed by atoms with Crippen molar-refractivity contribution in [3.8, 4) is 11.5 Å². The predicted molar refractivity (Wildman–Crippen MR) is 77.8 cm³/mol. The lowest BCUT2D eigenvalue weighted by atomic mass is 10.2. The fraction of sp³-hybridized carbons (Fsp3) is 0.467. The molecule has 1 aromatic carbocycles. The summed E-state index contributed by atoms with van der Waals surface area (Å²) in [7, 11) is -1.32. The molecule has 0 heterocycles. The summed E-state index contributed by atoms with van der Waals surface area (Å²) in [6, 6.07) is 9.96. The molecule has 0 spiro atoms. The van der Waals surface area contributed by atoms with Crippen molar-refractivity contribution in [3.63, 3.8) is 0 Å². The van der Waals surface area contributed by atoms with Crippen LogP contribution in [0.25, 0.3) is 0 Å². The lowest BCUT2D eigenvalue weighted by Crippen LogP contribution is -2.18. The van der Waals surface area contributed by atoms with E-state index in [9.17, 15) is 5.11 Å². The van der Waals surface area contributed by atoms with E-state index in [0.717, 1.165) is 5.56 Å². The molecule has 0 saturated heterocycles. The minimum Gasteiger partial charge on any atom is -0.390 e. The first-order valence-electron chi connectivity index (χ1n) is 6.27. The maximum Gasteiger partial charge on any atom is 0.129 e. The average molecular weight is 262 g/mol. The van der Waals surface area contributed by atoms with Crippen molar-refractivity contribution in [1.82, 2.24) is 0 Å². The molecule has 1 rings (SSSR count). The second-order valence-electron chi connectivity index (χ2n) is 5.41. The maximum atomic E-state index is 9.71. The monoisotopic (exact) mass is 262 g/mol. The highest BCUT2D eigenvalue weighted by molar-refractivity contribution is 6.83. The molecule has 1 aromatic rings. The van der Waals surface area contributed by atoms with Gasteiger partial charge in [0.25, 0.3) is 0 Å². The number of aliphatic hydroxyl groups excluding tert-OH is 1. The number of aliphatic hydroxyl groups is 1. The minimum atomic E-state index is -1.32. The van der Waals surface area contributed by atoms with Gasteiger partial charge in [-0.25, -0.2) is 0 Å². The Morgan fingerprint density at radius 1 is 1.22 bits per heavy atom. The van der Waals surface area contributed by atoms with Crippen molar-refractivity contribution in [2.45, 2.75) is 38.8 Å².